The molecule has 1 aromatic heterocycles. The highest BCUT2D eigenvalue weighted by molar-refractivity contribution is 6.33. The predicted molar refractivity (Wildman–Crippen MR) is 227 cm³/mol. The van der Waals surface area contributed by atoms with Gasteiger partial charge in [0.2, 0.25) is 11.8 Å². The SMILES string of the molecule is O=C1[C@@H]2C[C@@H]3C(=CC[C@@H]4C(=O)N(c5ccc(Nc6ccccc6)cc5)C(=O)[C@@H]43)[C@H](C3=COc4ccc(O)cc4C3)[C@]2(c2ccc(Cl)cc2)C(=O)N1Nc1ncc(C(F)(F)F)cc1Cl. The minimum Gasteiger partial charge on any atom is -0.508 e. The van der Waals surface area contributed by atoms with Crippen molar-refractivity contribution in [2.75, 3.05) is 15.6 Å². The summed E-state index contributed by atoms with van der Waals surface area (Å²) in [4.78, 5) is 64.8. The molecule has 1 saturated carbocycles. The number of aromatic nitrogens is 1. The summed E-state index contributed by atoms with van der Waals surface area (Å²) >= 11 is 12.7. The van der Waals surface area contributed by atoms with Crippen LogP contribution in [0.3, 0.4) is 0 Å². The van der Waals surface area contributed by atoms with Crippen molar-refractivity contribution in [2.45, 2.75) is 30.9 Å². The van der Waals surface area contributed by atoms with Gasteiger partial charge in [0.05, 0.1) is 45.7 Å². The number of aromatic hydroxyl groups is 1. The van der Waals surface area contributed by atoms with Crippen molar-refractivity contribution in [3.8, 4) is 11.5 Å². The molecule has 16 heteroatoms. The van der Waals surface area contributed by atoms with E-state index in [1.54, 1.807) is 60.7 Å². The van der Waals surface area contributed by atoms with Crippen LogP contribution in [0.25, 0.3) is 0 Å². The van der Waals surface area contributed by atoms with Crippen LogP contribution in [0.15, 0.2) is 133 Å². The fourth-order valence-electron chi connectivity index (χ4n) is 10.2. The van der Waals surface area contributed by atoms with Gasteiger partial charge >= 0.3 is 6.18 Å². The molecule has 3 aliphatic heterocycles. The molecule has 3 fully saturated rings. The van der Waals surface area contributed by atoms with Crippen molar-refractivity contribution < 1.29 is 42.2 Å². The lowest BCUT2D eigenvalue weighted by atomic mass is 9.48. The molecule has 10 rings (SSSR count). The molecular weight excluding hydrogens is 858 g/mol. The van der Waals surface area contributed by atoms with Crippen molar-refractivity contribution in [1.82, 2.24) is 9.99 Å². The van der Waals surface area contributed by atoms with E-state index in [1.165, 1.54) is 17.2 Å². The van der Waals surface area contributed by atoms with Gasteiger partial charge in [0.25, 0.3) is 11.8 Å². The van der Waals surface area contributed by atoms with Crippen LogP contribution >= 0.6 is 23.2 Å². The summed E-state index contributed by atoms with van der Waals surface area (Å²) < 4.78 is 47.0. The van der Waals surface area contributed by atoms with E-state index in [-0.39, 0.29) is 36.7 Å². The lowest BCUT2D eigenvalue weighted by molar-refractivity contribution is -0.139. The number of benzene rings is 4. The molecule has 11 nitrogen and oxygen atoms in total. The summed E-state index contributed by atoms with van der Waals surface area (Å²) in [5.74, 6) is -6.85. The number of alkyl halides is 3. The number of hydrogen-bond acceptors (Lipinski definition) is 9. The Morgan fingerprint density at radius 2 is 1.57 bits per heavy atom. The van der Waals surface area contributed by atoms with Gasteiger partial charge in [-0.05, 0) is 103 Å². The van der Waals surface area contributed by atoms with Crippen LogP contribution in [0.2, 0.25) is 10.0 Å². The molecule has 5 aromatic rings. The molecule has 0 spiro atoms. The van der Waals surface area contributed by atoms with E-state index in [0.29, 0.717) is 51.0 Å². The van der Waals surface area contributed by atoms with E-state index in [0.717, 1.165) is 16.4 Å². The Balaban J connectivity index is 1.08. The number of carbonyl (C=O) groups is 4. The quantitative estimate of drug-likeness (QED) is 0.108. The van der Waals surface area contributed by atoms with Gasteiger partial charge in [0.1, 0.15) is 11.5 Å². The number of anilines is 4. The number of para-hydroxylation sites is 1. The van der Waals surface area contributed by atoms with Crippen LogP contribution in [0.4, 0.5) is 36.1 Å². The normalized spacial score (nSPS) is 25.1. The lowest BCUT2D eigenvalue weighted by Gasteiger charge is -2.51. The monoisotopic (exact) mass is 891 g/mol. The number of phenols is 1. The predicted octanol–water partition coefficient (Wildman–Crippen LogP) is 9.40. The molecule has 0 radical (unpaired) electrons. The summed E-state index contributed by atoms with van der Waals surface area (Å²) in [6.45, 7) is 0. The standard InChI is InChI=1S/C47H34Cl2F3N5O6/c48-28-8-6-26(7-9-28)46-36(43(60)57(45(46)62)55-41-37(49)20-27(22-53-41)47(50,51)52)21-35-33(40(46)25-18-24-19-32(58)14-17-38(24)63-23-25)15-16-34-39(35)44(61)56(42(34)59)31-12-10-30(11-13-31)54-29-4-2-1-3-5-29/h1-15,17,19-20,22-23,34-36,39-40,54,58H,16,18,21H2,(H,53,55)/t34-,35+,36-,39-,40-,46+/m0/s1. The number of hydrogen-bond donors (Lipinski definition) is 3. The van der Waals surface area contributed by atoms with Gasteiger partial charge < -0.3 is 15.2 Å². The summed E-state index contributed by atoms with van der Waals surface area (Å²) in [5, 5.41) is 14.4. The van der Waals surface area contributed by atoms with Gasteiger partial charge in [-0.2, -0.15) is 18.2 Å². The largest absolute Gasteiger partial charge is 0.508 e. The molecule has 3 N–H and O–H groups in total. The number of hydrazine groups is 1. The number of amides is 4. The zero-order valence-electron chi connectivity index (χ0n) is 32.8. The number of nitrogens with zero attached hydrogens (tertiary/aromatic N) is 3. The molecule has 4 heterocycles. The molecule has 4 aromatic carbocycles. The van der Waals surface area contributed by atoms with Gasteiger partial charge in [-0.15, -0.1) is 0 Å². The Hall–Kier alpha value is -6.64. The number of pyridine rings is 1. The second kappa shape index (κ2) is 15.0. The highest BCUT2D eigenvalue weighted by atomic mass is 35.5. The van der Waals surface area contributed by atoms with E-state index in [2.05, 4.69) is 15.7 Å². The molecule has 5 aliphatic rings. The molecule has 2 aliphatic carbocycles. The van der Waals surface area contributed by atoms with Crippen LogP contribution in [-0.2, 0) is 37.2 Å². The summed E-state index contributed by atoms with van der Waals surface area (Å²) in [6.07, 6.45) is -0.534. The summed E-state index contributed by atoms with van der Waals surface area (Å²) in [6, 6.07) is 28.2. The molecule has 2 saturated heterocycles. The maximum Gasteiger partial charge on any atom is 0.417 e. The zero-order valence-corrected chi connectivity index (χ0v) is 34.3. The Kier molecular flexibility index (Phi) is 9.64. The average Bonchev–Trinajstić information content (AvgIpc) is 3.65. The maximum atomic E-state index is 15.5. The van der Waals surface area contributed by atoms with E-state index in [1.807, 2.05) is 36.4 Å². The van der Waals surface area contributed by atoms with Crippen LogP contribution in [-0.4, -0.2) is 38.7 Å². The van der Waals surface area contributed by atoms with Gasteiger partial charge in [0.15, 0.2) is 5.82 Å². The van der Waals surface area contributed by atoms with Crippen molar-refractivity contribution in [3.63, 3.8) is 0 Å². The number of ether oxygens (including phenoxy) is 1. The number of fused-ring (bicyclic) bond motifs is 5. The number of carbonyl (C=O) groups excluding carboxylic acids is 4. The first-order chi connectivity index (χ1) is 30.2. The second-order valence-corrected chi connectivity index (χ2v) is 17.1. The van der Waals surface area contributed by atoms with Crippen molar-refractivity contribution in [1.29, 1.82) is 0 Å². The number of imide groups is 2. The topological polar surface area (TPSA) is 141 Å². The molecule has 0 bridgehead atoms. The molecule has 6 atom stereocenters. The van der Waals surface area contributed by atoms with Crippen molar-refractivity contribution >= 4 is 69.7 Å². The summed E-state index contributed by atoms with van der Waals surface area (Å²) in [7, 11) is 0. The van der Waals surface area contributed by atoms with Crippen molar-refractivity contribution in [3.05, 3.63) is 160 Å². The Labute approximate surface area is 367 Å². The van der Waals surface area contributed by atoms with Gasteiger partial charge in [-0.25, -0.2) is 4.98 Å². The third kappa shape index (κ3) is 6.53. The lowest BCUT2D eigenvalue weighted by Crippen LogP contribution is -2.55. The first-order valence-electron chi connectivity index (χ1n) is 20.0. The van der Waals surface area contributed by atoms with Crippen molar-refractivity contribution in [2.24, 2.45) is 29.6 Å². The van der Waals surface area contributed by atoms with Gasteiger partial charge in [-0.3, -0.25) is 29.5 Å². The Morgan fingerprint density at radius 1 is 0.841 bits per heavy atom. The number of halogens is 5. The molecule has 0 unspecified atom stereocenters. The number of phenolic OH excluding ortho intramolecular Hbond substituents is 1. The van der Waals surface area contributed by atoms with Gasteiger partial charge in [0, 0.05) is 40.5 Å². The molecule has 63 heavy (non-hydrogen) atoms. The average molecular weight is 893 g/mol. The van der Waals surface area contributed by atoms with E-state index in [4.69, 9.17) is 27.9 Å². The second-order valence-electron chi connectivity index (χ2n) is 16.2. The first kappa shape index (κ1) is 40.4. The maximum absolute atomic E-state index is 15.5. The Bertz CT molecular complexity index is 2800. The minimum atomic E-state index is -4.76. The van der Waals surface area contributed by atoms with E-state index >= 15 is 9.59 Å². The molecular formula is C47H34Cl2F3N5O6. The first-order valence-corrected chi connectivity index (χ1v) is 20.8. The van der Waals surface area contributed by atoms with Crippen LogP contribution in [0.5, 0.6) is 11.5 Å². The fourth-order valence-corrected chi connectivity index (χ4v) is 10.6. The molecule has 318 valence electrons. The van der Waals surface area contributed by atoms with Crippen LogP contribution in [0, 0.1) is 29.6 Å². The number of nitrogens with one attached hydrogen (secondary N) is 2. The highest BCUT2D eigenvalue weighted by Crippen LogP contribution is 2.63. The fraction of sp³-hybridized carbons (Fsp3) is 0.213. The smallest absolute Gasteiger partial charge is 0.417 e. The van der Waals surface area contributed by atoms with Crippen LogP contribution in [0.1, 0.15) is 29.5 Å². The minimum absolute atomic E-state index is 0.0208. The highest BCUT2D eigenvalue weighted by Gasteiger charge is 2.71. The third-order valence-electron chi connectivity index (χ3n) is 12.9. The van der Waals surface area contributed by atoms with E-state index < -0.39 is 69.5 Å². The molecule has 4 amide bonds. The number of rotatable bonds is 7. The van der Waals surface area contributed by atoms with Crippen LogP contribution < -0.4 is 20.4 Å². The van der Waals surface area contributed by atoms with Gasteiger partial charge in [-0.1, -0.05) is 65.2 Å². The zero-order chi connectivity index (χ0) is 43.9. The summed E-state index contributed by atoms with van der Waals surface area (Å²) in [5.41, 5.74) is 3.95. The number of allylic oxidation sites excluding steroid dienone is 3. The Morgan fingerprint density at radius 3 is 2.29 bits per heavy atom. The third-order valence-corrected chi connectivity index (χ3v) is 13.4. The van der Waals surface area contributed by atoms with E-state index in [9.17, 15) is 27.9 Å².